The molecule has 19 heavy (non-hydrogen) atoms. The lowest BCUT2D eigenvalue weighted by atomic mass is 9.96. The minimum absolute atomic E-state index is 0.189. The van der Waals surface area contributed by atoms with Crippen LogP contribution in [0.15, 0.2) is 48.5 Å². The molecular weight excluding hydrogens is 246 g/mol. The van der Waals surface area contributed by atoms with E-state index in [1.54, 1.807) is 24.3 Å². The first-order chi connectivity index (χ1) is 8.97. The highest BCUT2D eigenvalue weighted by Crippen LogP contribution is 2.19. The van der Waals surface area contributed by atoms with E-state index in [0.717, 1.165) is 18.2 Å². The summed E-state index contributed by atoms with van der Waals surface area (Å²) in [5, 5.41) is 10.2. The van der Waals surface area contributed by atoms with E-state index < -0.39 is 17.2 Å². The van der Waals surface area contributed by atoms with Crippen LogP contribution in [-0.2, 0) is 5.60 Å². The van der Waals surface area contributed by atoms with Crippen molar-refractivity contribution in [3.05, 3.63) is 71.3 Å². The van der Waals surface area contributed by atoms with Gasteiger partial charge in [0.15, 0.2) is 0 Å². The van der Waals surface area contributed by atoms with Crippen LogP contribution in [0.2, 0.25) is 0 Å². The largest absolute Gasteiger partial charge is 0.374 e. The Labute approximate surface area is 110 Å². The zero-order valence-corrected chi connectivity index (χ0v) is 10.3. The van der Waals surface area contributed by atoms with Crippen LogP contribution in [-0.4, -0.2) is 5.11 Å². The van der Waals surface area contributed by atoms with Crippen LogP contribution in [0.5, 0.6) is 0 Å². The van der Waals surface area contributed by atoms with E-state index >= 15 is 0 Å². The van der Waals surface area contributed by atoms with Crippen molar-refractivity contribution in [3.63, 3.8) is 0 Å². The molecule has 1 unspecified atom stereocenters. The fraction of sp³-hybridized carbons (Fsp3) is 0.125. The van der Waals surface area contributed by atoms with Crippen LogP contribution < -0.4 is 0 Å². The Morgan fingerprint density at radius 1 is 1.00 bits per heavy atom. The van der Waals surface area contributed by atoms with Gasteiger partial charge in [-0.25, -0.2) is 8.78 Å². The molecule has 0 amide bonds. The minimum atomic E-state index is -1.37. The van der Waals surface area contributed by atoms with Crippen LogP contribution >= 0.6 is 0 Å². The molecule has 0 aliphatic heterocycles. The maximum absolute atomic E-state index is 13.0. The fourth-order valence-electron chi connectivity index (χ4n) is 1.65. The summed E-state index contributed by atoms with van der Waals surface area (Å²) in [6, 6.07) is 11.9. The van der Waals surface area contributed by atoms with Gasteiger partial charge in [0.1, 0.15) is 17.2 Å². The lowest BCUT2D eigenvalue weighted by Gasteiger charge is -2.16. The number of aliphatic hydroxyl groups is 1. The van der Waals surface area contributed by atoms with Gasteiger partial charge >= 0.3 is 0 Å². The lowest BCUT2D eigenvalue weighted by Crippen LogP contribution is -2.18. The summed E-state index contributed by atoms with van der Waals surface area (Å²) >= 11 is 0. The highest BCUT2D eigenvalue weighted by Gasteiger charge is 2.19. The van der Waals surface area contributed by atoms with Crippen LogP contribution in [0.1, 0.15) is 18.1 Å². The van der Waals surface area contributed by atoms with Crippen molar-refractivity contribution < 1.29 is 13.9 Å². The van der Waals surface area contributed by atoms with Crippen molar-refractivity contribution in [2.75, 3.05) is 0 Å². The maximum atomic E-state index is 13.0. The van der Waals surface area contributed by atoms with Gasteiger partial charge < -0.3 is 5.11 Å². The monoisotopic (exact) mass is 258 g/mol. The van der Waals surface area contributed by atoms with Crippen molar-refractivity contribution in [1.82, 2.24) is 0 Å². The first-order valence-electron chi connectivity index (χ1n) is 5.74. The van der Waals surface area contributed by atoms with E-state index in [-0.39, 0.29) is 5.56 Å². The first kappa shape index (κ1) is 13.3. The van der Waals surface area contributed by atoms with Crippen LogP contribution in [0.3, 0.4) is 0 Å². The second-order valence-corrected chi connectivity index (χ2v) is 4.35. The molecule has 0 spiro atoms. The third-order valence-corrected chi connectivity index (χ3v) is 2.65. The van der Waals surface area contributed by atoms with Crippen molar-refractivity contribution in [1.29, 1.82) is 0 Å². The Bertz CT molecular complexity index is 617. The van der Waals surface area contributed by atoms with E-state index in [2.05, 4.69) is 11.8 Å². The number of rotatable bonds is 1. The lowest BCUT2D eigenvalue weighted by molar-refractivity contribution is 0.122. The predicted molar refractivity (Wildman–Crippen MR) is 69.2 cm³/mol. The van der Waals surface area contributed by atoms with E-state index in [9.17, 15) is 13.9 Å². The summed E-state index contributed by atoms with van der Waals surface area (Å²) < 4.78 is 26.0. The highest BCUT2D eigenvalue weighted by molar-refractivity contribution is 5.39. The molecule has 96 valence electrons. The third kappa shape index (κ3) is 3.40. The quantitative estimate of drug-likeness (QED) is 0.779. The molecule has 1 N–H and O–H groups in total. The van der Waals surface area contributed by atoms with Gasteiger partial charge in [0.25, 0.3) is 0 Å². The standard InChI is InChI=1S/C16H12F2O/c1-16(19,13-5-3-2-4-6-13)8-7-12-9-14(17)11-15(18)10-12/h2-6,9-11,19H,1H3. The highest BCUT2D eigenvalue weighted by atomic mass is 19.1. The first-order valence-corrected chi connectivity index (χ1v) is 5.74. The van der Waals surface area contributed by atoms with Gasteiger partial charge in [-0.05, 0) is 24.6 Å². The molecular formula is C16H12F2O. The van der Waals surface area contributed by atoms with Gasteiger partial charge in [-0.2, -0.15) is 0 Å². The molecule has 2 rings (SSSR count). The zero-order chi connectivity index (χ0) is 13.9. The summed E-state index contributed by atoms with van der Waals surface area (Å²) in [7, 11) is 0. The maximum Gasteiger partial charge on any atom is 0.148 e. The normalized spacial score (nSPS) is 13.3. The van der Waals surface area contributed by atoms with E-state index in [0.29, 0.717) is 5.56 Å². The Hall–Kier alpha value is -2.18. The Morgan fingerprint density at radius 3 is 2.16 bits per heavy atom. The van der Waals surface area contributed by atoms with Crippen molar-refractivity contribution in [3.8, 4) is 11.8 Å². The molecule has 0 aliphatic carbocycles. The molecule has 0 aliphatic rings. The second kappa shape index (κ2) is 5.21. The van der Waals surface area contributed by atoms with Crippen LogP contribution in [0, 0.1) is 23.5 Å². The van der Waals surface area contributed by atoms with Crippen molar-refractivity contribution in [2.45, 2.75) is 12.5 Å². The molecule has 0 bridgehead atoms. The number of hydrogen-bond acceptors (Lipinski definition) is 1. The molecule has 0 saturated heterocycles. The Kier molecular flexibility index (Phi) is 3.64. The van der Waals surface area contributed by atoms with Gasteiger partial charge in [0.2, 0.25) is 0 Å². The van der Waals surface area contributed by atoms with Gasteiger partial charge in [0.05, 0.1) is 0 Å². The number of halogens is 2. The van der Waals surface area contributed by atoms with E-state index in [4.69, 9.17) is 0 Å². The molecule has 2 aromatic rings. The SMILES string of the molecule is CC(O)(C#Cc1cc(F)cc(F)c1)c1ccccc1. The van der Waals surface area contributed by atoms with Crippen LogP contribution in [0.25, 0.3) is 0 Å². The molecule has 2 aromatic carbocycles. The summed E-state index contributed by atoms with van der Waals surface area (Å²) in [5.74, 6) is 3.82. The molecule has 0 aromatic heterocycles. The topological polar surface area (TPSA) is 20.2 Å². The molecule has 1 atom stereocenters. The average molecular weight is 258 g/mol. The fourth-order valence-corrected chi connectivity index (χ4v) is 1.65. The molecule has 3 heteroatoms. The zero-order valence-electron chi connectivity index (χ0n) is 10.3. The summed E-state index contributed by atoms with van der Waals surface area (Å²) in [4.78, 5) is 0. The van der Waals surface area contributed by atoms with Crippen molar-refractivity contribution >= 4 is 0 Å². The smallest absolute Gasteiger partial charge is 0.148 e. The molecule has 0 saturated carbocycles. The summed E-state index contributed by atoms with van der Waals surface area (Å²) in [6.07, 6.45) is 0. The van der Waals surface area contributed by atoms with E-state index in [1.807, 2.05) is 6.07 Å². The molecule has 0 fully saturated rings. The van der Waals surface area contributed by atoms with Gasteiger partial charge in [-0.3, -0.25) is 0 Å². The molecule has 1 nitrogen and oxygen atoms in total. The van der Waals surface area contributed by atoms with Gasteiger partial charge in [0, 0.05) is 11.6 Å². The molecule has 0 radical (unpaired) electrons. The number of hydrogen-bond donors (Lipinski definition) is 1. The Morgan fingerprint density at radius 2 is 1.58 bits per heavy atom. The second-order valence-electron chi connectivity index (χ2n) is 4.35. The van der Waals surface area contributed by atoms with Crippen LogP contribution in [0.4, 0.5) is 8.78 Å². The third-order valence-electron chi connectivity index (χ3n) is 2.65. The van der Waals surface area contributed by atoms with E-state index in [1.165, 1.54) is 6.92 Å². The molecule has 0 heterocycles. The van der Waals surface area contributed by atoms with Gasteiger partial charge in [-0.15, -0.1) is 0 Å². The summed E-state index contributed by atoms with van der Waals surface area (Å²) in [5.41, 5.74) is -0.558. The van der Waals surface area contributed by atoms with Gasteiger partial charge in [-0.1, -0.05) is 42.2 Å². The summed E-state index contributed by atoms with van der Waals surface area (Å²) in [6.45, 7) is 1.53. The van der Waals surface area contributed by atoms with Crippen molar-refractivity contribution in [2.24, 2.45) is 0 Å². The Balaban J connectivity index is 2.33. The number of benzene rings is 2. The minimum Gasteiger partial charge on any atom is -0.374 e. The predicted octanol–water partition coefficient (Wildman–Crippen LogP) is 3.22. The average Bonchev–Trinajstić information content (AvgIpc) is 2.37.